The Bertz CT molecular complexity index is 998. The van der Waals surface area contributed by atoms with Gasteiger partial charge in [0.1, 0.15) is 12.3 Å². The fraction of sp³-hybridized carbons (Fsp3) is 0.591. The first kappa shape index (κ1) is 25.3. The van der Waals surface area contributed by atoms with Gasteiger partial charge >= 0.3 is 5.97 Å². The van der Waals surface area contributed by atoms with Crippen molar-refractivity contribution in [3.05, 3.63) is 42.2 Å². The zero-order valence-electron chi connectivity index (χ0n) is 19.4. The van der Waals surface area contributed by atoms with E-state index in [1.165, 1.54) is 4.31 Å². The molecule has 2 heterocycles. The lowest BCUT2D eigenvalue weighted by Crippen LogP contribution is -2.43. The number of hydrogen-bond donors (Lipinski definition) is 1. The summed E-state index contributed by atoms with van der Waals surface area (Å²) in [6, 6.07) is 8.31. The molecule has 11 heteroatoms. The van der Waals surface area contributed by atoms with Crippen molar-refractivity contribution in [3.63, 3.8) is 0 Å². The number of rotatable bonds is 4. The molecule has 33 heavy (non-hydrogen) atoms. The van der Waals surface area contributed by atoms with Gasteiger partial charge in [-0.2, -0.15) is 4.31 Å². The van der Waals surface area contributed by atoms with Crippen molar-refractivity contribution in [2.24, 2.45) is 5.92 Å². The SMILES string of the molecule is C[C@H]1COC(=O)CCCn2cc(nn2)CO[C@@H](CN(C)S(=O)(=O)c2ccccc2)[C@@H](C)CN1. The molecule has 3 rings (SSSR count). The monoisotopic (exact) mass is 479 g/mol. The first-order chi connectivity index (χ1) is 15.8. The molecule has 3 atom stereocenters. The summed E-state index contributed by atoms with van der Waals surface area (Å²) >= 11 is 0. The standard InChI is InChI=1S/C22H33N5O5S/c1-17-12-23-18(2)15-32-22(28)10-7-11-27-13-19(24-25-27)16-31-21(17)14-26(3)33(29,30)20-8-5-4-6-9-20/h4-6,8-9,13,17-18,21,23H,7,10-12,14-16H2,1-3H3/t17-,18-,21-/m0/s1. The number of esters is 1. The Kier molecular flexibility index (Phi) is 8.95. The molecule has 1 aliphatic rings. The summed E-state index contributed by atoms with van der Waals surface area (Å²) in [6.07, 6.45) is 2.31. The number of carbonyl (C=O) groups excluding carboxylic acids is 1. The predicted octanol–water partition coefficient (Wildman–Crippen LogP) is 1.44. The second kappa shape index (κ2) is 11.7. The van der Waals surface area contributed by atoms with Crippen molar-refractivity contribution in [3.8, 4) is 0 Å². The molecule has 10 nitrogen and oxygen atoms in total. The quantitative estimate of drug-likeness (QED) is 0.655. The Hall–Kier alpha value is -2.34. The van der Waals surface area contributed by atoms with Gasteiger partial charge in [0.15, 0.2) is 0 Å². The fourth-order valence-electron chi connectivity index (χ4n) is 3.48. The number of sulfonamides is 1. The van der Waals surface area contributed by atoms with Crippen LogP contribution in [0.15, 0.2) is 41.4 Å². The summed E-state index contributed by atoms with van der Waals surface area (Å²) in [7, 11) is -2.09. The van der Waals surface area contributed by atoms with Crippen LogP contribution in [0.5, 0.6) is 0 Å². The van der Waals surface area contributed by atoms with E-state index in [1.807, 2.05) is 13.8 Å². The Morgan fingerprint density at radius 2 is 2.00 bits per heavy atom. The zero-order valence-corrected chi connectivity index (χ0v) is 20.2. The van der Waals surface area contributed by atoms with E-state index >= 15 is 0 Å². The highest BCUT2D eigenvalue weighted by molar-refractivity contribution is 7.89. The van der Waals surface area contributed by atoms with Crippen molar-refractivity contribution in [1.29, 1.82) is 0 Å². The van der Waals surface area contributed by atoms with Crippen LogP contribution in [0.3, 0.4) is 0 Å². The van der Waals surface area contributed by atoms with Crippen LogP contribution in [0.25, 0.3) is 0 Å². The lowest BCUT2D eigenvalue weighted by molar-refractivity contribution is -0.144. The Morgan fingerprint density at radius 3 is 2.76 bits per heavy atom. The molecule has 1 aromatic heterocycles. The number of fused-ring (bicyclic) bond motifs is 2. The molecule has 182 valence electrons. The minimum atomic E-state index is -3.65. The minimum absolute atomic E-state index is 0.0282. The van der Waals surface area contributed by atoms with Crippen LogP contribution >= 0.6 is 0 Å². The molecule has 2 aromatic rings. The molecule has 1 N–H and O–H groups in total. The van der Waals surface area contributed by atoms with Gasteiger partial charge in [0, 0.05) is 39.1 Å². The van der Waals surface area contributed by atoms with Gasteiger partial charge in [-0.15, -0.1) is 5.10 Å². The van der Waals surface area contributed by atoms with Crippen LogP contribution in [-0.2, 0) is 37.4 Å². The molecule has 2 bridgehead atoms. The summed E-state index contributed by atoms with van der Waals surface area (Å²) in [5.74, 6) is -0.266. The number of hydrogen-bond acceptors (Lipinski definition) is 8. The number of carbonyl (C=O) groups is 1. The average molecular weight is 480 g/mol. The van der Waals surface area contributed by atoms with Gasteiger partial charge in [-0.1, -0.05) is 30.3 Å². The highest BCUT2D eigenvalue weighted by Gasteiger charge is 2.28. The van der Waals surface area contributed by atoms with E-state index in [-0.39, 0.29) is 42.6 Å². The molecule has 0 spiro atoms. The van der Waals surface area contributed by atoms with E-state index in [0.29, 0.717) is 31.6 Å². The lowest BCUT2D eigenvalue weighted by Gasteiger charge is -2.29. The molecule has 0 saturated carbocycles. The fourth-order valence-corrected chi connectivity index (χ4v) is 4.68. The maximum atomic E-state index is 13.0. The molecule has 0 unspecified atom stereocenters. The van der Waals surface area contributed by atoms with Gasteiger partial charge in [-0.3, -0.25) is 9.48 Å². The Labute approximate surface area is 195 Å². The van der Waals surface area contributed by atoms with Gasteiger partial charge in [0.05, 0.1) is 23.8 Å². The summed E-state index contributed by atoms with van der Waals surface area (Å²) < 4.78 is 40.5. The summed E-state index contributed by atoms with van der Waals surface area (Å²) in [4.78, 5) is 12.2. The van der Waals surface area contributed by atoms with Crippen LogP contribution in [0.2, 0.25) is 0 Å². The van der Waals surface area contributed by atoms with E-state index in [2.05, 4.69) is 15.6 Å². The van der Waals surface area contributed by atoms with E-state index in [1.54, 1.807) is 48.3 Å². The largest absolute Gasteiger partial charge is 0.464 e. The Balaban J connectivity index is 1.74. The van der Waals surface area contributed by atoms with E-state index in [9.17, 15) is 13.2 Å². The molecular formula is C22H33N5O5S. The van der Waals surface area contributed by atoms with Gasteiger partial charge in [-0.05, 0) is 31.4 Å². The van der Waals surface area contributed by atoms with Gasteiger partial charge in [0.25, 0.3) is 0 Å². The third kappa shape index (κ3) is 7.32. The minimum Gasteiger partial charge on any atom is -0.464 e. The van der Waals surface area contributed by atoms with Crippen molar-refractivity contribution in [2.45, 2.75) is 56.9 Å². The molecule has 0 radical (unpaired) electrons. The number of nitrogens with zero attached hydrogens (tertiary/aromatic N) is 4. The molecule has 1 aliphatic heterocycles. The zero-order chi connectivity index (χ0) is 23.8. The van der Waals surface area contributed by atoms with Gasteiger partial charge in [0.2, 0.25) is 10.0 Å². The summed E-state index contributed by atoms with van der Waals surface area (Å²) in [5.41, 5.74) is 0.650. The number of nitrogens with one attached hydrogen (secondary N) is 1. The lowest BCUT2D eigenvalue weighted by atomic mass is 10.0. The number of likely N-dealkylation sites (N-methyl/N-ethyl adjacent to an activating group) is 1. The number of benzene rings is 1. The van der Waals surface area contributed by atoms with Crippen LogP contribution in [0.1, 0.15) is 32.4 Å². The van der Waals surface area contributed by atoms with E-state index in [4.69, 9.17) is 9.47 Å². The van der Waals surface area contributed by atoms with Gasteiger partial charge < -0.3 is 14.8 Å². The maximum Gasteiger partial charge on any atom is 0.305 e. The second-order valence-corrected chi connectivity index (χ2v) is 10.5. The van der Waals surface area contributed by atoms with Gasteiger partial charge in [-0.25, -0.2) is 8.42 Å². The topological polar surface area (TPSA) is 116 Å². The first-order valence-corrected chi connectivity index (χ1v) is 12.6. The van der Waals surface area contributed by atoms with Crippen LogP contribution < -0.4 is 5.32 Å². The molecule has 0 aliphatic carbocycles. The van der Waals surface area contributed by atoms with Crippen molar-refractivity contribution in [2.75, 3.05) is 26.7 Å². The predicted molar refractivity (Wildman–Crippen MR) is 122 cm³/mol. The Morgan fingerprint density at radius 1 is 1.24 bits per heavy atom. The van der Waals surface area contributed by atoms with Crippen molar-refractivity contribution in [1.82, 2.24) is 24.6 Å². The van der Waals surface area contributed by atoms with E-state index < -0.39 is 16.1 Å². The maximum absolute atomic E-state index is 13.0. The number of aromatic nitrogens is 3. The third-order valence-electron chi connectivity index (χ3n) is 5.61. The van der Waals surface area contributed by atoms with Crippen molar-refractivity contribution >= 4 is 16.0 Å². The van der Waals surface area contributed by atoms with E-state index in [0.717, 1.165) is 0 Å². The number of aryl methyl sites for hydroxylation is 1. The van der Waals surface area contributed by atoms with Crippen LogP contribution in [0, 0.1) is 5.92 Å². The first-order valence-electron chi connectivity index (χ1n) is 11.2. The highest BCUT2D eigenvalue weighted by atomic mass is 32.2. The number of ether oxygens (including phenoxy) is 2. The van der Waals surface area contributed by atoms with Crippen LogP contribution in [0.4, 0.5) is 0 Å². The molecule has 1 aromatic carbocycles. The second-order valence-electron chi connectivity index (χ2n) is 8.49. The smallest absolute Gasteiger partial charge is 0.305 e. The van der Waals surface area contributed by atoms with Crippen molar-refractivity contribution < 1.29 is 22.7 Å². The third-order valence-corrected chi connectivity index (χ3v) is 7.44. The summed E-state index contributed by atoms with van der Waals surface area (Å²) in [5, 5.41) is 11.6. The molecule has 0 saturated heterocycles. The average Bonchev–Trinajstić information content (AvgIpc) is 3.26. The highest BCUT2D eigenvalue weighted by Crippen LogP contribution is 2.18. The van der Waals surface area contributed by atoms with Crippen LogP contribution in [-0.4, -0.2) is 72.6 Å². The molecular weight excluding hydrogens is 446 g/mol. The molecule has 0 amide bonds. The summed E-state index contributed by atoms with van der Waals surface area (Å²) in [6.45, 7) is 5.72. The number of cyclic esters (lactones) is 1. The molecule has 0 fully saturated rings. The normalized spacial score (nSPS) is 23.9.